The number of carbonyl (C=O) groups excluding carboxylic acids is 1. The number of anilines is 1. The molecule has 4 nitrogen and oxygen atoms in total. The third-order valence-electron chi connectivity index (χ3n) is 4.13. The lowest BCUT2D eigenvalue weighted by atomic mass is 10.2. The molecule has 0 radical (unpaired) electrons. The number of rotatable bonds is 4. The Balaban J connectivity index is 1.82. The van der Waals surface area contributed by atoms with Gasteiger partial charge in [0.25, 0.3) is 5.91 Å². The highest BCUT2D eigenvalue weighted by Gasteiger charge is 2.24. The number of benzene rings is 2. The molecule has 0 saturated carbocycles. The van der Waals surface area contributed by atoms with Gasteiger partial charge in [0, 0.05) is 5.56 Å². The van der Waals surface area contributed by atoms with Gasteiger partial charge in [0.2, 0.25) is 0 Å². The van der Waals surface area contributed by atoms with E-state index in [2.05, 4.69) is 4.98 Å². The number of fused-ring (bicyclic) bond motifs is 1. The molecule has 2 aromatic carbocycles. The van der Waals surface area contributed by atoms with Crippen LogP contribution in [0.4, 0.5) is 9.52 Å². The van der Waals surface area contributed by atoms with Crippen LogP contribution in [-0.4, -0.2) is 10.9 Å². The summed E-state index contributed by atoms with van der Waals surface area (Å²) >= 11 is 7.63. The minimum absolute atomic E-state index is 0.179. The van der Waals surface area contributed by atoms with E-state index >= 15 is 0 Å². The van der Waals surface area contributed by atoms with Crippen molar-refractivity contribution in [1.82, 2.24) is 4.98 Å². The van der Waals surface area contributed by atoms with Gasteiger partial charge >= 0.3 is 0 Å². The summed E-state index contributed by atoms with van der Waals surface area (Å²) in [7, 11) is 0. The molecule has 0 unspecified atom stereocenters. The Morgan fingerprint density at radius 2 is 2.11 bits per heavy atom. The SMILES string of the molecule is Cc1ccc(Cl)c2sc(N(Cc3ccco3)C(=O)c3cccc(F)c3)nc12. The van der Waals surface area contributed by atoms with Crippen molar-refractivity contribution in [2.24, 2.45) is 0 Å². The third-order valence-corrected chi connectivity index (χ3v) is 5.67. The van der Waals surface area contributed by atoms with Crippen molar-refractivity contribution in [3.8, 4) is 0 Å². The second kappa shape index (κ2) is 7.13. The van der Waals surface area contributed by atoms with E-state index in [1.54, 1.807) is 24.5 Å². The predicted molar refractivity (Wildman–Crippen MR) is 105 cm³/mol. The van der Waals surface area contributed by atoms with Crippen molar-refractivity contribution >= 4 is 44.2 Å². The molecule has 4 rings (SSSR count). The molecule has 0 aliphatic heterocycles. The van der Waals surface area contributed by atoms with Gasteiger partial charge in [0.05, 0.1) is 28.0 Å². The Hall–Kier alpha value is -2.70. The number of halogens is 2. The number of thiazole rings is 1. The maximum absolute atomic E-state index is 13.6. The van der Waals surface area contributed by atoms with Crippen LogP contribution in [0.25, 0.3) is 10.2 Å². The van der Waals surface area contributed by atoms with Gasteiger partial charge in [-0.05, 0) is 48.9 Å². The lowest BCUT2D eigenvalue weighted by molar-refractivity contribution is 0.0983. The first-order chi connectivity index (χ1) is 13.0. The van der Waals surface area contributed by atoms with Crippen LogP contribution in [-0.2, 0) is 6.54 Å². The maximum Gasteiger partial charge on any atom is 0.260 e. The molecule has 0 bridgehead atoms. The summed E-state index contributed by atoms with van der Waals surface area (Å²) in [5.41, 5.74) is 1.95. The highest BCUT2D eigenvalue weighted by molar-refractivity contribution is 7.23. The van der Waals surface area contributed by atoms with Crippen LogP contribution in [0.1, 0.15) is 21.7 Å². The van der Waals surface area contributed by atoms with Gasteiger partial charge in [-0.25, -0.2) is 9.37 Å². The van der Waals surface area contributed by atoms with Crippen LogP contribution < -0.4 is 4.90 Å². The standard InChI is InChI=1S/C20H14ClFN2O2S/c1-12-7-8-16(21)18-17(12)23-20(27-18)24(11-15-6-3-9-26-15)19(25)13-4-2-5-14(22)10-13/h2-10H,11H2,1H3. The number of aromatic nitrogens is 1. The van der Waals surface area contributed by atoms with Crippen molar-refractivity contribution in [2.75, 3.05) is 4.90 Å². The zero-order chi connectivity index (χ0) is 19.0. The number of amides is 1. The first-order valence-corrected chi connectivity index (χ1v) is 9.38. The summed E-state index contributed by atoms with van der Waals surface area (Å²) in [6.07, 6.45) is 1.54. The summed E-state index contributed by atoms with van der Waals surface area (Å²) in [5.74, 6) is -0.234. The minimum atomic E-state index is -0.470. The van der Waals surface area contributed by atoms with Crippen LogP contribution in [0.2, 0.25) is 5.02 Å². The molecule has 0 spiro atoms. The molecule has 27 heavy (non-hydrogen) atoms. The zero-order valence-electron chi connectivity index (χ0n) is 14.3. The van der Waals surface area contributed by atoms with Gasteiger partial charge in [-0.2, -0.15) is 0 Å². The van der Waals surface area contributed by atoms with Crippen molar-refractivity contribution in [3.05, 3.63) is 82.5 Å². The maximum atomic E-state index is 13.6. The Labute approximate surface area is 163 Å². The molecule has 0 aliphatic carbocycles. The fraction of sp³-hybridized carbons (Fsp3) is 0.100. The van der Waals surface area contributed by atoms with Crippen LogP contribution >= 0.6 is 22.9 Å². The summed E-state index contributed by atoms with van der Waals surface area (Å²) in [6.45, 7) is 2.12. The zero-order valence-corrected chi connectivity index (χ0v) is 15.9. The van der Waals surface area contributed by atoms with Crippen molar-refractivity contribution in [1.29, 1.82) is 0 Å². The summed E-state index contributed by atoms with van der Waals surface area (Å²) in [4.78, 5) is 19.2. The quantitative estimate of drug-likeness (QED) is 0.432. The average Bonchev–Trinajstić information content (AvgIpc) is 3.32. The summed E-state index contributed by atoms with van der Waals surface area (Å²) in [5, 5.41) is 1.06. The second-order valence-corrected chi connectivity index (χ2v) is 7.40. The van der Waals surface area contributed by atoms with E-state index in [1.165, 1.54) is 34.4 Å². The Bertz CT molecular complexity index is 1090. The number of furan rings is 1. The molecule has 0 aliphatic rings. The fourth-order valence-corrected chi connectivity index (χ4v) is 4.08. The van der Waals surface area contributed by atoms with Crippen molar-refractivity contribution in [2.45, 2.75) is 13.5 Å². The van der Waals surface area contributed by atoms with E-state index in [4.69, 9.17) is 16.0 Å². The topological polar surface area (TPSA) is 46.3 Å². The van der Waals surface area contributed by atoms with Gasteiger partial charge in [0.15, 0.2) is 5.13 Å². The van der Waals surface area contributed by atoms with E-state index < -0.39 is 5.82 Å². The number of hydrogen-bond acceptors (Lipinski definition) is 4. The van der Waals surface area contributed by atoms with Gasteiger partial charge in [-0.15, -0.1) is 0 Å². The summed E-state index contributed by atoms with van der Waals surface area (Å²) < 4.78 is 19.8. The lowest BCUT2D eigenvalue weighted by Crippen LogP contribution is -2.30. The highest BCUT2D eigenvalue weighted by atomic mass is 35.5. The Morgan fingerprint density at radius 1 is 1.26 bits per heavy atom. The molecule has 2 heterocycles. The summed E-state index contributed by atoms with van der Waals surface area (Å²) in [6, 6.07) is 12.8. The first kappa shape index (κ1) is 17.7. The molecule has 7 heteroatoms. The minimum Gasteiger partial charge on any atom is -0.467 e. The lowest BCUT2D eigenvalue weighted by Gasteiger charge is -2.18. The van der Waals surface area contributed by atoms with Gasteiger partial charge in [-0.3, -0.25) is 9.69 Å². The normalized spacial score (nSPS) is 11.1. The molecule has 0 N–H and O–H groups in total. The monoisotopic (exact) mass is 400 g/mol. The molecule has 0 fully saturated rings. The van der Waals surface area contributed by atoms with Gasteiger partial charge in [0.1, 0.15) is 11.6 Å². The molecule has 136 valence electrons. The van der Waals surface area contributed by atoms with Crippen LogP contribution in [0.3, 0.4) is 0 Å². The van der Waals surface area contributed by atoms with Crippen molar-refractivity contribution in [3.63, 3.8) is 0 Å². The number of aryl methyl sites for hydroxylation is 1. The third kappa shape index (κ3) is 3.46. The van der Waals surface area contributed by atoms with Crippen LogP contribution in [0.15, 0.2) is 59.2 Å². The van der Waals surface area contributed by atoms with E-state index in [0.29, 0.717) is 15.9 Å². The number of carbonyl (C=O) groups is 1. The van der Waals surface area contributed by atoms with Gasteiger partial charge in [-0.1, -0.05) is 35.1 Å². The molecule has 4 aromatic rings. The second-order valence-electron chi connectivity index (χ2n) is 6.02. The smallest absolute Gasteiger partial charge is 0.260 e. The van der Waals surface area contributed by atoms with Crippen LogP contribution in [0, 0.1) is 12.7 Å². The largest absolute Gasteiger partial charge is 0.467 e. The van der Waals surface area contributed by atoms with E-state index in [9.17, 15) is 9.18 Å². The number of hydrogen-bond donors (Lipinski definition) is 0. The molecule has 1 amide bonds. The Morgan fingerprint density at radius 3 is 2.81 bits per heavy atom. The van der Waals surface area contributed by atoms with Crippen LogP contribution in [0.5, 0.6) is 0 Å². The Kier molecular flexibility index (Phi) is 4.68. The fourth-order valence-electron chi connectivity index (χ4n) is 2.77. The molecule has 0 saturated heterocycles. The highest BCUT2D eigenvalue weighted by Crippen LogP contribution is 2.36. The van der Waals surface area contributed by atoms with E-state index in [-0.39, 0.29) is 18.0 Å². The molecule has 0 atom stereocenters. The number of nitrogens with zero attached hydrogens (tertiary/aromatic N) is 2. The molecular weight excluding hydrogens is 387 g/mol. The van der Waals surface area contributed by atoms with Gasteiger partial charge < -0.3 is 4.42 Å². The predicted octanol–water partition coefficient (Wildman–Crippen LogP) is 5.84. The van der Waals surface area contributed by atoms with E-state index in [0.717, 1.165) is 15.8 Å². The van der Waals surface area contributed by atoms with Crippen molar-refractivity contribution < 1.29 is 13.6 Å². The average molecular weight is 401 g/mol. The molecular formula is C20H14ClFN2O2S. The molecule has 2 aromatic heterocycles. The van der Waals surface area contributed by atoms with E-state index in [1.807, 2.05) is 19.1 Å². The first-order valence-electron chi connectivity index (χ1n) is 8.18.